The van der Waals surface area contributed by atoms with Crippen molar-refractivity contribution < 1.29 is 75.8 Å². The number of esters is 3. The Kier molecular flexibility index (Phi) is 79.2. The third kappa shape index (κ3) is 83.2. The van der Waals surface area contributed by atoms with Gasteiger partial charge >= 0.3 is 33.6 Å². The van der Waals surface area contributed by atoms with Gasteiger partial charge in [0, 0.05) is 19.3 Å². The number of aliphatic hydroxyl groups excluding tert-OH is 2. The zero-order chi connectivity index (χ0) is 78.0. The van der Waals surface area contributed by atoms with E-state index in [2.05, 4.69) is 118 Å². The zero-order valence-corrected chi connectivity index (χ0v) is 70.1. The molecule has 0 rings (SSSR count). The average Bonchev–Trinajstić information content (AvgIpc) is 0.909. The average molecular weight is 1550 g/mol. The van der Waals surface area contributed by atoms with Crippen LogP contribution in [-0.2, 0) is 55.8 Å². The summed E-state index contributed by atoms with van der Waals surface area (Å²) in [6.45, 7) is 2.67. The van der Waals surface area contributed by atoms with E-state index in [0.29, 0.717) is 19.3 Å². The molecule has 0 heterocycles. The van der Waals surface area contributed by atoms with Crippen molar-refractivity contribution in [3.8, 4) is 0 Å². The number of phosphoric acid groups is 2. The molecular formula is C89H160O16P2. The molecule has 0 radical (unpaired) electrons. The third-order valence-electron chi connectivity index (χ3n) is 18.8. The molecule has 0 saturated carbocycles. The number of hydrogen-bond donors (Lipinski definition) is 4. The molecule has 0 aromatic rings. The number of carbonyl (C=O) groups is 3. The molecule has 0 spiro atoms. The molecular weight excluding hydrogens is 1390 g/mol. The van der Waals surface area contributed by atoms with E-state index in [4.69, 9.17) is 32.3 Å². The van der Waals surface area contributed by atoms with Crippen LogP contribution >= 0.6 is 15.6 Å². The van der Waals surface area contributed by atoms with Crippen LogP contribution in [0.1, 0.15) is 393 Å². The third-order valence-corrected chi connectivity index (χ3v) is 20.7. The topological polar surface area (TPSA) is 231 Å². The van der Waals surface area contributed by atoms with Crippen molar-refractivity contribution in [1.82, 2.24) is 0 Å². The van der Waals surface area contributed by atoms with Gasteiger partial charge in [0.1, 0.15) is 25.4 Å². The molecule has 0 aliphatic carbocycles. The van der Waals surface area contributed by atoms with Gasteiger partial charge in [-0.25, -0.2) is 9.13 Å². The fourth-order valence-electron chi connectivity index (χ4n) is 12.1. The lowest BCUT2D eigenvalue weighted by Gasteiger charge is -2.21. The van der Waals surface area contributed by atoms with Crippen LogP contribution in [0.25, 0.3) is 0 Å². The van der Waals surface area contributed by atoms with Crippen molar-refractivity contribution in [2.75, 3.05) is 39.6 Å². The van der Waals surface area contributed by atoms with E-state index in [1.807, 2.05) is 0 Å². The maximum absolute atomic E-state index is 13.0. The number of carbonyl (C=O) groups excluding carboxylic acids is 3. The van der Waals surface area contributed by atoms with Crippen molar-refractivity contribution in [1.29, 1.82) is 0 Å². The predicted octanol–water partition coefficient (Wildman–Crippen LogP) is 26.1. The Labute approximate surface area is 654 Å². The fraction of sp³-hybridized carbons (Fsp3) is 0.787. The van der Waals surface area contributed by atoms with E-state index in [0.717, 1.165) is 128 Å². The number of hydrogen-bond acceptors (Lipinski definition) is 14. The SMILES string of the molecule is CCCCC/C=C\C/C=C\C/C=C\C/C=C\CCCCCCCCCCCCCCCCCCCCCC(=O)OCC(O)COP(=O)(O)OCC(O)COP(=O)(O)OCC(COC(=O)CCCCCCCCC/C=C\C/C=C\C/C=C\C/C=C\CCCCC)OC(=O)CCCCCCCCCCCCCCC. The first-order valence-electron chi connectivity index (χ1n) is 43.5. The number of allylic oxidation sites excluding steroid dienone is 16. The van der Waals surface area contributed by atoms with Crippen molar-refractivity contribution in [2.24, 2.45) is 0 Å². The molecule has 0 aromatic heterocycles. The summed E-state index contributed by atoms with van der Waals surface area (Å²) in [7, 11) is -9.78. The van der Waals surface area contributed by atoms with Gasteiger partial charge in [-0.3, -0.25) is 32.5 Å². The second-order valence-corrected chi connectivity index (χ2v) is 32.3. The Balaban J connectivity index is 4.37. The van der Waals surface area contributed by atoms with Crippen LogP contribution < -0.4 is 0 Å². The highest BCUT2D eigenvalue weighted by Gasteiger charge is 2.29. The minimum Gasteiger partial charge on any atom is -0.463 e. The molecule has 107 heavy (non-hydrogen) atoms. The van der Waals surface area contributed by atoms with Crippen molar-refractivity contribution in [3.63, 3.8) is 0 Å². The first-order chi connectivity index (χ1) is 52.2. The minimum atomic E-state index is -4.93. The monoisotopic (exact) mass is 1550 g/mol. The van der Waals surface area contributed by atoms with Gasteiger partial charge in [-0.2, -0.15) is 0 Å². The first-order valence-corrected chi connectivity index (χ1v) is 46.5. The number of ether oxygens (including phenoxy) is 3. The lowest BCUT2D eigenvalue weighted by atomic mass is 10.0. The van der Waals surface area contributed by atoms with Crippen molar-refractivity contribution >= 4 is 33.6 Å². The summed E-state index contributed by atoms with van der Waals surface area (Å²) >= 11 is 0. The van der Waals surface area contributed by atoms with Crippen LogP contribution in [-0.4, -0.2) is 95.9 Å². The van der Waals surface area contributed by atoms with E-state index in [1.54, 1.807) is 0 Å². The second kappa shape index (κ2) is 81.9. The molecule has 5 atom stereocenters. The molecule has 0 amide bonds. The molecule has 0 bridgehead atoms. The Bertz CT molecular complexity index is 2330. The summed E-state index contributed by atoms with van der Waals surface area (Å²) in [5, 5.41) is 20.7. The fourth-order valence-corrected chi connectivity index (χ4v) is 13.7. The van der Waals surface area contributed by atoms with E-state index >= 15 is 0 Å². The maximum Gasteiger partial charge on any atom is 0.472 e. The Morgan fingerprint density at radius 1 is 0.262 bits per heavy atom. The van der Waals surface area contributed by atoms with Crippen LogP contribution in [0, 0.1) is 0 Å². The molecule has 4 N–H and O–H groups in total. The molecule has 0 aliphatic heterocycles. The zero-order valence-electron chi connectivity index (χ0n) is 68.3. The number of phosphoric ester groups is 2. The van der Waals surface area contributed by atoms with E-state index in [-0.39, 0.29) is 19.3 Å². The predicted molar refractivity (Wildman–Crippen MR) is 445 cm³/mol. The van der Waals surface area contributed by atoms with Gasteiger partial charge in [0.2, 0.25) is 0 Å². The summed E-state index contributed by atoms with van der Waals surface area (Å²) < 4.78 is 61.2. The lowest BCUT2D eigenvalue weighted by molar-refractivity contribution is -0.161. The quantitative estimate of drug-likeness (QED) is 0.0146. The molecule has 0 fully saturated rings. The van der Waals surface area contributed by atoms with E-state index in [1.165, 1.54) is 205 Å². The molecule has 18 heteroatoms. The molecule has 5 unspecified atom stereocenters. The highest BCUT2D eigenvalue weighted by atomic mass is 31.2. The normalized spacial score (nSPS) is 14.3. The van der Waals surface area contributed by atoms with Gasteiger partial charge in [0.05, 0.1) is 26.4 Å². The standard InChI is InChI=1S/C89H160O16P2/c1-4-7-10-13-16-19-22-25-27-29-31-33-35-36-37-38-39-40-41-42-43-44-45-46-48-50-51-53-55-58-60-63-66-69-72-75-87(92)99-78-84(90)79-101-106(95,96)102-80-85(91)81-103-107(97,98)104-83-86(105-89(94)77-74-71-68-65-62-57-24-21-18-15-12-9-6-3)82-100-88(93)76-73-70-67-64-61-59-56-54-52-49-47-34-32-30-28-26-23-20-17-14-11-8-5-2/h16-17,19-20,25-28,31-34,36-37,49,52,84-86,90-91H,4-15,18,21-24,29-30,35,38-48,50-51,53-83H2,1-3H3,(H,95,96)(H,97,98)/b19-16-,20-17-,27-25-,28-26-,33-31-,34-32-,37-36-,52-49-. The maximum atomic E-state index is 13.0. The number of rotatable bonds is 83. The highest BCUT2D eigenvalue weighted by molar-refractivity contribution is 7.47. The summed E-state index contributed by atoms with van der Waals surface area (Å²) in [5.41, 5.74) is 0. The lowest BCUT2D eigenvalue weighted by Crippen LogP contribution is -2.30. The van der Waals surface area contributed by atoms with Crippen molar-refractivity contribution in [3.05, 3.63) is 97.2 Å². The van der Waals surface area contributed by atoms with Gasteiger partial charge in [0.15, 0.2) is 6.10 Å². The first kappa shape index (κ1) is 103. The highest BCUT2D eigenvalue weighted by Crippen LogP contribution is 2.45. The Morgan fingerprint density at radius 2 is 0.467 bits per heavy atom. The van der Waals surface area contributed by atoms with Gasteiger partial charge in [-0.05, 0) is 109 Å². The van der Waals surface area contributed by atoms with Gasteiger partial charge in [-0.1, -0.05) is 362 Å². The largest absolute Gasteiger partial charge is 0.472 e. The molecule has 16 nitrogen and oxygen atoms in total. The number of unbranched alkanes of at least 4 members (excludes halogenated alkanes) is 44. The van der Waals surface area contributed by atoms with Crippen LogP contribution in [0.2, 0.25) is 0 Å². The van der Waals surface area contributed by atoms with Crippen LogP contribution in [0.3, 0.4) is 0 Å². The molecule has 0 aromatic carbocycles. The summed E-state index contributed by atoms with van der Waals surface area (Å²) in [5.74, 6) is -1.57. The summed E-state index contributed by atoms with van der Waals surface area (Å²) in [4.78, 5) is 58.7. The van der Waals surface area contributed by atoms with Gasteiger partial charge < -0.3 is 34.2 Å². The second-order valence-electron chi connectivity index (χ2n) is 29.3. The minimum absolute atomic E-state index is 0.106. The molecule has 0 aliphatic rings. The van der Waals surface area contributed by atoms with Gasteiger partial charge in [0.25, 0.3) is 0 Å². The summed E-state index contributed by atoms with van der Waals surface area (Å²) in [6, 6.07) is 0. The number of aliphatic hydroxyl groups is 2. The van der Waals surface area contributed by atoms with Crippen molar-refractivity contribution in [2.45, 2.75) is 411 Å². The van der Waals surface area contributed by atoms with Crippen LogP contribution in [0.5, 0.6) is 0 Å². The van der Waals surface area contributed by atoms with Crippen LogP contribution in [0.15, 0.2) is 97.2 Å². The summed E-state index contributed by atoms with van der Waals surface area (Å²) in [6.07, 6.45) is 96.2. The molecule has 622 valence electrons. The smallest absolute Gasteiger partial charge is 0.463 e. The van der Waals surface area contributed by atoms with E-state index in [9.17, 15) is 43.5 Å². The molecule has 0 saturated heterocycles. The Hall–Kier alpha value is -3.53. The Morgan fingerprint density at radius 3 is 0.757 bits per heavy atom. The van der Waals surface area contributed by atoms with E-state index < -0.39 is 91.5 Å². The van der Waals surface area contributed by atoms with Gasteiger partial charge in [-0.15, -0.1) is 0 Å². The van der Waals surface area contributed by atoms with Crippen LogP contribution in [0.4, 0.5) is 0 Å².